The average molecular weight is 274 g/mol. The standard InChI is InChI=1S/C13H26N2O2S/c1-2-3-12-6-9-15(10-12)18(16,17)11-13-4-7-14-8-5-13/h12-14H,2-11H2,1H3. The van der Waals surface area contributed by atoms with Crippen molar-refractivity contribution in [1.82, 2.24) is 9.62 Å². The quantitative estimate of drug-likeness (QED) is 0.825. The van der Waals surface area contributed by atoms with E-state index in [0.29, 0.717) is 17.6 Å². The fourth-order valence-corrected chi connectivity index (χ4v) is 5.11. The Morgan fingerprint density at radius 3 is 2.56 bits per heavy atom. The molecule has 0 aliphatic carbocycles. The maximum Gasteiger partial charge on any atom is 0.214 e. The van der Waals surface area contributed by atoms with Crippen LogP contribution in [0.2, 0.25) is 0 Å². The highest BCUT2D eigenvalue weighted by Crippen LogP contribution is 2.25. The largest absolute Gasteiger partial charge is 0.317 e. The fraction of sp³-hybridized carbons (Fsp3) is 1.00. The minimum Gasteiger partial charge on any atom is -0.317 e. The molecule has 1 unspecified atom stereocenters. The molecule has 106 valence electrons. The van der Waals surface area contributed by atoms with Gasteiger partial charge in [0.1, 0.15) is 0 Å². The van der Waals surface area contributed by atoms with Crippen LogP contribution in [0.1, 0.15) is 39.0 Å². The lowest BCUT2D eigenvalue weighted by Crippen LogP contribution is -2.37. The molecule has 0 amide bonds. The first-order valence-electron chi connectivity index (χ1n) is 7.30. The Hall–Kier alpha value is -0.130. The molecule has 1 N–H and O–H groups in total. The highest BCUT2D eigenvalue weighted by atomic mass is 32.2. The lowest BCUT2D eigenvalue weighted by atomic mass is 10.0. The molecule has 0 saturated carbocycles. The molecule has 0 spiro atoms. The van der Waals surface area contributed by atoms with Crippen LogP contribution >= 0.6 is 0 Å². The van der Waals surface area contributed by atoms with Crippen molar-refractivity contribution in [2.24, 2.45) is 11.8 Å². The monoisotopic (exact) mass is 274 g/mol. The van der Waals surface area contributed by atoms with E-state index in [1.807, 2.05) is 0 Å². The number of piperidine rings is 1. The average Bonchev–Trinajstić information content (AvgIpc) is 2.80. The topological polar surface area (TPSA) is 49.4 Å². The molecule has 1 atom stereocenters. The second kappa shape index (κ2) is 6.35. The molecule has 2 fully saturated rings. The van der Waals surface area contributed by atoms with E-state index in [0.717, 1.165) is 51.9 Å². The van der Waals surface area contributed by atoms with E-state index < -0.39 is 10.0 Å². The van der Waals surface area contributed by atoms with Crippen molar-refractivity contribution in [3.05, 3.63) is 0 Å². The fourth-order valence-electron chi connectivity index (χ4n) is 3.15. The summed E-state index contributed by atoms with van der Waals surface area (Å²) < 4.78 is 26.5. The minimum absolute atomic E-state index is 0.362. The molecule has 0 aromatic rings. The molecule has 4 nitrogen and oxygen atoms in total. The Morgan fingerprint density at radius 1 is 1.17 bits per heavy atom. The smallest absolute Gasteiger partial charge is 0.214 e. The van der Waals surface area contributed by atoms with Gasteiger partial charge in [0.15, 0.2) is 0 Å². The van der Waals surface area contributed by atoms with Crippen molar-refractivity contribution in [1.29, 1.82) is 0 Å². The first kappa shape index (κ1) is 14.3. The van der Waals surface area contributed by atoms with Crippen LogP contribution in [0.3, 0.4) is 0 Å². The zero-order valence-electron chi connectivity index (χ0n) is 11.4. The minimum atomic E-state index is -3.01. The van der Waals surface area contributed by atoms with Crippen LogP contribution in [-0.2, 0) is 10.0 Å². The highest BCUT2D eigenvalue weighted by molar-refractivity contribution is 7.89. The third kappa shape index (κ3) is 3.68. The van der Waals surface area contributed by atoms with Crippen LogP contribution in [0.4, 0.5) is 0 Å². The molecule has 2 heterocycles. The zero-order chi connectivity index (χ0) is 13.0. The number of nitrogens with one attached hydrogen (secondary N) is 1. The zero-order valence-corrected chi connectivity index (χ0v) is 12.2. The summed E-state index contributed by atoms with van der Waals surface area (Å²) in [6.45, 7) is 5.63. The van der Waals surface area contributed by atoms with Crippen molar-refractivity contribution < 1.29 is 8.42 Å². The lowest BCUT2D eigenvalue weighted by molar-refractivity contribution is 0.386. The normalized spacial score (nSPS) is 27.7. The van der Waals surface area contributed by atoms with E-state index in [9.17, 15) is 8.42 Å². The Labute approximate surface area is 111 Å². The van der Waals surface area contributed by atoms with E-state index >= 15 is 0 Å². The third-order valence-corrected chi connectivity index (χ3v) is 6.26. The van der Waals surface area contributed by atoms with Crippen LogP contribution in [0.15, 0.2) is 0 Å². The molecule has 0 bridgehead atoms. The van der Waals surface area contributed by atoms with Gasteiger partial charge in [-0.3, -0.25) is 0 Å². The third-order valence-electron chi connectivity index (χ3n) is 4.24. The number of nitrogens with zero attached hydrogens (tertiary/aromatic N) is 1. The summed E-state index contributed by atoms with van der Waals surface area (Å²) in [4.78, 5) is 0. The van der Waals surface area contributed by atoms with Crippen LogP contribution < -0.4 is 5.32 Å². The van der Waals surface area contributed by atoms with Crippen molar-refractivity contribution in [2.45, 2.75) is 39.0 Å². The second-order valence-electron chi connectivity index (χ2n) is 5.77. The van der Waals surface area contributed by atoms with E-state index in [-0.39, 0.29) is 0 Å². The second-order valence-corrected chi connectivity index (χ2v) is 7.79. The lowest BCUT2D eigenvalue weighted by Gasteiger charge is -2.25. The SMILES string of the molecule is CCCC1CCN(S(=O)(=O)CC2CCNCC2)C1. The summed E-state index contributed by atoms with van der Waals surface area (Å²) >= 11 is 0. The van der Waals surface area contributed by atoms with Gasteiger partial charge < -0.3 is 5.32 Å². The van der Waals surface area contributed by atoms with Crippen LogP contribution in [-0.4, -0.2) is 44.7 Å². The Morgan fingerprint density at radius 2 is 1.89 bits per heavy atom. The number of rotatable bonds is 5. The summed E-state index contributed by atoms with van der Waals surface area (Å²) in [6, 6.07) is 0. The predicted molar refractivity (Wildman–Crippen MR) is 74.0 cm³/mol. The molecule has 2 aliphatic heterocycles. The predicted octanol–water partition coefficient (Wildman–Crippen LogP) is 1.44. The molecule has 0 aromatic heterocycles. The van der Waals surface area contributed by atoms with E-state index in [1.54, 1.807) is 4.31 Å². The molecule has 2 aliphatic rings. The van der Waals surface area contributed by atoms with Gasteiger partial charge >= 0.3 is 0 Å². The Bertz CT molecular complexity index is 350. The van der Waals surface area contributed by atoms with Gasteiger partial charge in [0, 0.05) is 13.1 Å². The maximum atomic E-state index is 12.4. The van der Waals surface area contributed by atoms with Crippen LogP contribution in [0.5, 0.6) is 0 Å². The van der Waals surface area contributed by atoms with E-state index in [4.69, 9.17) is 0 Å². The van der Waals surface area contributed by atoms with Gasteiger partial charge in [0.25, 0.3) is 0 Å². The number of sulfonamides is 1. The molecule has 0 radical (unpaired) electrons. The van der Waals surface area contributed by atoms with Gasteiger partial charge in [0.05, 0.1) is 5.75 Å². The van der Waals surface area contributed by atoms with Gasteiger partial charge in [-0.05, 0) is 50.6 Å². The molecular formula is C13H26N2O2S. The molecule has 5 heteroatoms. The first-order valence-corrected chi connectivity index (χ1v) is 8.91. The Balaban J connectivity index is 1.86. The molecule has 0 aromatic carbocycles. The van der Waals surface area contributed by atoms with E-state index in [2.05, 4.69) is 12.2 Å². The van der Waals surface area contributed by atoms with Crippen LogP contribution in [0.25, 0.3) is 0 Å². The van der Waals surface area contributed by atoms with E-state index in [1.165, 1.54) is 6.42 Å². The number of hydrogen-bond acceptors (Lipinski definition) is 3. The van der Waals surface area contributed by atoms with Gasteiger partial charge in [-0.25, -0.2) is 12.7 Å². The summed E-state index contributed by atoms with van der Waals surface area (Å²) in [5.41, 5.74) is 0. The molecule has 2 saturated heterocycles. The highest BCUT2D eigenvalue weighted by Gasteiger charge is 2.32. The van der Waals surface area contributed by atoms with Crippen molar-refractivity contribution in [2.75, 3.05) is 31.9 Å². The van der Waals surface area contributed by atoms with Gasteiger partial charge in [-0.2, -0.15) is 0 Å². The summed E-state index contributed by atoms with van der Waals surface area (Å²) in [7, 11) is -3.01. The summed E-state index contributed by atoms with van der Waals surface area (Å²) in [5, 5.41) is 3.29. The van der Waals surface area contributed by atoms with Gasteiger partial charge in [0.2, 0.25) is 10.0 Å². The Kier molecular flexibility index (Phi) is 5.04. The maximum absolute atomic E-state index is 12.4. The molecular weight excluding hydrogens is 248 g/mol. The molecule has 18 heavy (non-hydrogen) atoms. The van der Waals surface area contributed by atoms with Crippen molar-refractivity contribution in [3.63, 3.8) is 0 Å². The number of hydrogen-bond donors (Lipinski definition) is 1. The summed E-state index contributed by atoms with van der Waals surface area (Å²) in [6.07, 6.45) is 5.39. The van der Waals surface area contributed by atoms with Crippen molar-refractivity contribution in [3.8, 4) is 0 Å². The van der Waals surface area contributed by atoms with Gasteiger partial charge in [-0.1, -0.05) is 13.3 Å². The first-order chi connectivity index (χ1) is 8.62. The van der Waals surface area contributed by atoms with Crippen LogP contribution in [0, 0.1) is 11.8 Å². The van der Waals surface area contributed by atoms with Crippen molar-refractivity contribution >= 4 is 10.0 Å². The molecule has 2 rings (SSSR count). The summed E-state index contributed by atoms with van der Waals surface area (Å²) in [5.74, 6) is 1.33. The van der Waals surface area contributed by atoms with Gasteiger partial charge in [-0.15, -0.1) is 0 Å².